The van der Waals surface area contributed by atoms with Gasteiger partial charge in [-0.05, 0) is 13.8 Å². The fraction of sp³-hybridized carbons (Fsp3) is 1.00. The zero-order valence-electron chi connectivity index (χ0n) is 6.00. The van der Waals surface area contributed by atoms with E-state index in [0.717, 1.165) is 0 Å². The largest absolute Gasteiger partial charge is 0.395 e. The summed E-state index contributed by atoms with van der Waals surface area (Å²) >= 11 is 0. The number of hydrogen-bond acceptors (Lipinski definition) is 3. The first kappa shape index (κ1) is 8.88. The summed E-state index contributed by atoms with van der Waals surface area (Å²) in [7, 11) is 0. The van der Waals surface area contributed by atoms with Crippen LogP contribution in [0.4, 0.5) is 0 Å². The second-order valence-electron chi connectivity index (χ2n) is 2.32. The van der Waals surface area contributed by atoms with E-state index in [0.29, 0.717) is 6.61 Å². The molecule has 0 aliphatic heterocycles. The van der Waals surface area contributed by atoms with E-state index in [-0.39, 0.29) is 18.8 Å². The topological polar surface area (TPSA) is 55.5 Å². The lowest BCUT2D eigenvalue weighted by molar-refractivity contribution is 0.0562. The molecule has 0 aromatic heterocycles. The van der Waals surface area contributed by atoms with Gasteiger partial charge in [-0.2, -0.15) is 0 Å². The highest BCUT2D eigenvalue weighted by Gasteiger charge is 2.00. The van der Waals surface area contributed by atoms with Crippen LogP contribution in [-0.2, 0) is 4.74 Å². The maximum atomic E-state index is 8.44. The van der Waals surface area contributed by atoms with Crippen LogP contribution in [0.1, 0.15) is 13.8 Å². The summed E-state index contributed by atoms with van der Waals surface area (Å²) in [5.41, 5.74) is 5.35. The van der Waals surface area contributed by atoms with Crippen LogP contribution in [0.15, 0.2) is 0 Å². The minimum Gasteiger partial charge on any atom is -0.395 e. The van der Waals surface area contributed by atoms with Gasteiger partial charge in [-0.15, -0.1) is 0 Å². The van der Waals surface area contributed by atoms with Crippen LogP contribution >= 0.6 is 0 Å². The van der Waals surface area contributed by atoms with Crippen molar-refractivity contribution in [2.75, 3.05) is 13.2 Å². The van der Waals surface area contributed by atoms with E-state index in [4.69, 9.17) is 15.6 Å². The van der Waals surface area contributed by atoms with Gasteiger partial charge in [-0.25, -0.2) is 0 Å². The Morgan fingerprint density at radius 3 is 2.44 bits per heavy atom. The van der Waals surface area contributed by atoms with Crippen molar-refractivity contribution in [3.8, 4) is 0 Å². The molecule has 0 unspecified atom stereocenters. The van der Waals surface area contributed by atoms with Gasteiger partial charge in [0.2, 0.25) is 0 Å². The molecule has 0 aliphatic rings. The Hall–Kier alpha value is -0.120. The number of aliphatic hydroxyl groups is 1. The van der Waals surface area contributed by atoms with Crippen LogP contribution in [0.3, 0.4) is 0 Å². The molecule has 0 fully saturated rings. The number of aliphatic hydroxyl groups excluding tert-OH is 1. The number of rotatable bonds is 4. The van der Waals surface area contributed by atoms with E-state index >= 15 is 0 Å². The minimum absolute atomic E-state index is 0.00722. The van der Waals surface area contributed by atoms with Crippen molar-refractivity contribution in [1.29, 1.82) is 0 Å². The van der Waals surface area contributed by atoms with Crippen molar-refractivity contribution >= 4 is 0 Å². The Bertz CT molecular complexity index is 66.1. The second-order valence-corrected chi connectivity index (χ2v) is 2.32. The lowest BCUT2D eigenvalue weighted by Gasteiger charge is -2.10. The summed E-state index contributed by atoms with van der Waals surface area (Å²) in [6, 6.07) is -0.229. The molecule has 0 aromatic carbocycles. The molecule has 0 spiro atoms. The second kappa shape index (κ2) is 4.73. The maximum Gasteiger partial charge on any atom is 0.0643 e. The van der Waals surface area contributed by atoms with E-state index in [2.05, 4.69) is 0 Å². The third-order valence-electron chi connectivity index (χ3n) is 0.878. The van der Waals surface area contributed by atoms with Gasteiger partial charge in [0.15, 0.2) is 0 Å². The first-order valence-electron chi connectivity index (χ1n) is 3.15. The standard InChI is InChI=1S/C6H15NO2/c1-5(2)9-4-6(7)3-8/h5-6,8H,3-4,7H2,1-2H3/t6-/m1/s1. The molecule has 56 valence electrons. The van der Waals surface area contributed by atoms with Crippen molar-refractivity contribution in [2.24, 2.45) is 5.73 Å². The average molecular weight is 133 g/mol. The minimum atomic E-state index is -0.229. The van der Waals surface area contributed by atoms with Gasteiger partial charge in [0.1, 0.15) is 0 Å². The van der Waals surface area contributed by atoms with Gasteiger partial charge < -0.3 is 15.6 Å². The average Bonchev–Trinajstić information content (AvgIpc) is 1.83. The van der Waals surface area contributed by atoms with Crippen LogP contribution in [0.2, 0.25) is 0 Å². The highest BCUT2D eigenvalue weighted by atomic mass is 16.5. The molecule has 0 saturated carbocycles. The number of hydrogen-bond donors (Lipinski definition) is 2. The first-order valence-corrected chi connectivity index (χ1v) is 3.15. The Morgan fingerprint density at radius 2 is 2.11 bits per heavy atom. The fourth-order valence-electron chi connectivity index (χ4n) is 0.369. The molecule has 0 bridgehead atoms. The maximum absolute atomic E-state index is 8.44. The zero-order chi connectivity index (χ0) is 7.28. The molecule has 3 heteroatoms. The van der Waals surface area contributed by atoms with E-state index in [1.165, 1.54) is 0 Å². The predicted molar refractivity (Wildman–Crippen MR) is 36.1 cm³/mol. The van der Waals surface area contributed by atoms with Crippen molar-refractivity contribution in [2.45, 2.75) is 26.0 Å². The van der Waals surface area contributed by atoms with E-state index < -0.39 is 0 Å². The van der Waals surface area contributed by atoms with Crippen LogP contribution in [0, 0.1) is 0 Å². The Kier molecular flexibility index (Phi) is 4.67. The molecule has 0 aromatic rings. The quantitative estimate of drug-likeness (QED) is 0.555. The molecule has 9 heavy (non-hydrogen) atoms. The molecule has 0 saturated heterocycles. The van der Waals surface area contributed by atoms with Crippen LogP contribution in [0.5, 0.6) is 0 Å². The van der Waals surface area contributed by atoms with Gasteiger partial charge in [-0.3, -0.25) is 0 Å². The van der Waals surface area contributed by atoms with Crippen LogP contribution in [-0.4, -0.2) is 30.5 Å². The summed E-state index contributed by atoms with van der Waals surface area (Å²) in [4.78, 5) is 0. The summed E-state index contributed by atoms with van der Waals surface area (Å²) in [6.45, 7) is 4.30. The van der Waals surface area contributed by atoms with Crippen molar-refractivity contribution in [3.63, 3.8) is 0 Å². The normalized spacial score (nSPS) is 14.3. The van der Waals surface area contributed by atoms with Crippen molar-refractivity contribution < 1.29 is 9.84 Å². The highest BCUT2D eigenvalue weighted by molar-refractivity contribution is 4.56. The number of nitrogens with two attached hydrogens (primary N) is 1. The Balaban J connectivity index is 3.06. The summed E-state index contributed by atoms with van der Waals surface area (Å²) in [5.74, 6) is 0. The van der Waals surface area contributed by atoms with Gasteiger partial charge >= 0.3 is 0 Å². The third-order valence-corrected chi connectivity index (χ3v) is 0.878. The monoisotopic (exact) mass is 133 g/mol. The molecular formula is C6H15NO2. The molecule has 3 nitrogen and oxygen atoms in total. The lowest BCUT2D eigenvalue weighted by Crippen LogP contribution is -2.31. The summed E-state index contributed by atoms with van der Waals surface area (Å²) in [6.07, 6.45) is 0.197. The SMILES string of the molecule is CC(C)OC[C@H](N)CO. The predicted octanol–water partition coefficient (Wildman–Crippen LogP) is -0.269. The molecule has 0 heterocycles. The third kappa shape index (κ3) is 5.76. The molecule has 3 N–H and O–H groups in total. The lowest BCUT2D eigenvalue weighted by atomic mass is 10.3. The van der Waals surface area contributed by atoms with E-state index in [9.17, 15) is 0 Å². The molecule has 0 amide bonds. The molecule has 0 radical (unpaired) electrons. The van der Waals surface area contributed by atoms with Crippen LogP contribution in [0.25, 0.3) is 0 Å². The zero-order valence-corrected chi connectivity index (χ0v) is 6.00. The van der Waals surface area contributed by atoms with Gasteiger partial charge in [0.05, 0.1) is 25.4 Å². The van der Waals surface area contributed by atoms with Crippen molar-refractivity contribution in [3.05, 3.63) is 0 Å². The van der Waals surface area contributed by atoms with Gasteiger partial charge in [-0.1, -0.05) is 0 Å². The summed E-state index contributed by atoms with van der Waals surface area (Å²) in [5, 5.41) is 8.44. The van der Waals surface area contributed by atoms with E-state index in [1.54, 1.807) is 0 Å². The number of ether oxygens (including phenoxy) is 1. The first-order chi connectivity index (χ1) is 4.16. The Morgan fingerprint density at radius 1 is 1.56 bits per heavy atom. The van der Waals surface area contributed by atoms with Crippen molar-refractivity contribution in [1.82, 2.24) is 0 Å². The molecule has 1 atom stereocenters. The Labute approximate surface area is 55.8 Å². The smallest absolute Gasteiger partial charge is 0.0643 e. The highest BCUT2D eigenvalue weighted by Crippen LogP contribution is 1.88. The van der Waals surface area contributed by atoms with Crippen LogP contribution < -0.4 is 5.73 Å². The molecular weight excluding hydrogens is 118 g/mol. The fourth-order valence-corrected chi connectivity index (χ4v) is 0.369. The molecule has 0 aliphatic carbocycles. The van der Waals surface area contributed by atoms with Gasteiger partial charge in [0.25, 0.3) is 0 Å². The van der Waals surface area contributed by atoms with Gasteiger partial charge in [0, 0.05) is 0 Å². The summed E-state index contributed by atoms with van der Waals surface area (Å²) < 4.78 is 5.11. The van der Waals surface area contributed by atoms with E-state index in [1.807, 2.05) is 13.8 Å². The molecule has 0 rings (SSSR count).